The lowest BCUT2D eigenvalue weighted by atomic mass is 10.1. The van der Waals surface area contributed by atoms with Gasteiger partial charge >= 0.3 is 0 Å². The fraction of sp³-hybridized carbons (Fsp3) is 0.833. The lowest BCUT2D eigenvalue weighted by Crippen LogP contribution is -2.37. The number of aliphatic imine (C=N–C) groups is 1. The number of nitrogens with zero attached hydrogens (tertiary/aromatic N) is 1. The zero-order chi connectivity index (χ0) is 8.48. The van der Waals surface area contributed by atoms with Crippen LogP contribution in [0.4, 0.5) is 0 Å². The molecule has 1 aliphatic heterocycles. The second-order valence-corrected chi connectivity index (χ2v) is 4.65. The van der Waals surface area contributed by atoms with E-state index in [0.717, 1.165) is 5.71 Å². The van der Waals surface area contributed by atoms with Gasteiger partial charge in [-0.15, -0.1) is 0 Å². The number of hydrogen-bond acceptors (Lipinski definition) is 3. The molecule has 0 aromatic heterocycles. The Hall–Kier alpha value is -0.420. The van der Waals surface area contributed by atoms with Crippen molar-refractivity contribution in [1.29, 1.82) is 0 Å². The van der Waals surface area contributed by atoms with E-state index in [-0.39, 0.29) is 5.88 Å². The van der Waals surface area contributed by atoms with E-state index in [4.69, 9.17) is 0 Å². The number of hydrogen-bond donors (Lipinski definition) is 1. The fourth-order valence-corrected chi connectivity index (χ4v) is 1.63. The van der Waals surface area contributed by atoms with E-state index >= 15 is 0 Å². The van der Waals surface area contributed by atoms with Crippen LogP contribution in [0.3, 0.4) is 0 Å². The van der Waals surface area contributed by atoms with Crippen LogP contribution in [0.1, 0.15) is 13.8 Å². The maximum absolute atomic E-state index is 10.8. The zero-order valence-corrected chi connectivity index (χ0v) is 7.48. The largest absolute Gasteiger partial charge is 0.275 e. The average molecular weight is 176 g/mol. The second-order valence-electron chi connectivity index (χ2n) is 2.87. The Kier molecular flexibility index (Phi) is 2.29. The van der Waals surface area contributed by atoms with Gasteiger partial charge in [-0.1, -0.05) is 13.8 Å². The van der Waals surface area contributed by atoms with Crippen molar-refractivity contribution in [2.75, 3.05) is 12.4 Å². The molecule has 0 radical (unpaired) electrons. The summed E-state index contributed by atoms with van der Waals surface area (Å²) in [5.74, 6) is 0.221. The first-order valence-electron chi connectivity index (χ1n) is 3.52. The van der Waals surface area contributed by atoms with Gasteiger partial charge in [-0.3, -0.25) is 4.99 Å². The first kappa shape index (κ1) is 8.67. The first-order valence-corrected chi connectivity index (χ1v) is 5.17. The van der Waals surface area contributed by atoms with Gasteiger partial charge in [0.05, 0.1) is 0 Å². The highest BCUT2D eigenvalue weighted by molar-refractivity contribution is 7.89. The van der Waals surface area contributed by atoms with E-state index in [0.29, 0.717) is 12.5 Å². The van der Waals surface area contributed by atoms with E-state index in [2.05, 4.69) is 9.71 Å². The van der Waals surface area contributed by atoms with Gasteiger partial charge in [0.1, 0.15) is 0 Å². The normalized spacial score (nSPS) is 23.4. The van der Waals surface area contributed by atoms with E-state index in [1.54, 1.807) is 0 Å². The Morgan fingerprint density at radius 1 is 1.55 bits per heavy atom. The molecule has 0 saturated carbocycles. The SMILES string of the molecule is CC(C)C1=NCS(=O)(=O)NC1. The fourth-order valence-electron chi connectivity index (χ4n) is 0.840. The highest BCUT2D eigenvalue weighted by Gasteiger charge is 2.17. The molecular weight excluding hydrogens is 164 g/mol. The summed E-state index contributed by atoms with van der Waals surface area (Å²) in [5, 5.41) is 0. The van der Waals surface area contributed by atoms with Crippen molar-refractivity contribution < 1.29 is 8.42 Å². The van der Waals surface area contributed by atoms with Gasteiger partial charge in [-0.25, -0.2) is 13.1 Å². The van der Waals surface area contributed by atoms with Crippen molar-refractivity contribution in [3.05, 3.63) is 0 Å². The Morgan fingerprint density at radius 2 is 2.18 bits per heavy atom. The second kappa shape index (κ2) is 2.91. The summed E-state index contributed by atoms with van der Waals surface area (Å²) in [6.07, 6.45) is 0. The minimum Gasteiger partial charge on any atom is -0.275 e. The molecule has 0 unspecified atom stereocenters. The molecule has 0 amide bonds. The standard InChI is InChI=1S/C6H12N2O2S/c1-5(2)6-3-8-11(9,10)4-7-6/h5,8H,3-4H2,1-2H3. The lowest BCUT2D eigenvalue weighted by molar-refractivity contribution is 0.583. The molecule has 1 N–H and O–H groups in total. The molecule has 0 aromatic rings. The smallest absolute Gasteiger partial charge is 0.232 e. The Labute approximate surface area is 66.8 Å². The van der Waals surface area contributed by atoms with Crippen LogP contribution in [0.2, 0.25) is 0 Å². The van der Waals surface area contributed by atoms with Crippen LogP contribution in [-0.2, 0) is 10.0 Å². The highest BCUT2D eigenvalue weighted by atomic mass is 32.2. The Bertz CT molecular complexity index is 266. The number of sulfonamides is 1. The molecule has 1 heterocycles. The van der Waals surface area contributed by atoms with Crippen LogP contribution >= 0.6 is 0 Å². The summed E-state index contributed by atoms with van der Waals surface area (Å²) < 4.78 is 24.0. The maximum atomic E-state index is 10.8. The molecule has 0 atom stereocenters. The van der Waals surface area contributed by atoms with E-state index in [1.807, 2.05) is 13.8 Å². The molecule has 0 aliphatic carbocycles. The van der Waals surface area contributed by atoms with Crippen molar-refractivity contribution in [3.63, 3.8) is 0 Å². The average Bonchev–Trinajstić information content (AvgIpc) is 1.86. The van der Waals surface area contributed by atoms with Crippen LogP contribution in [0.15, 0.2) is 4.99 Å². The van der Waals surface area contributed by atoms with Crippen molar-refractivity contribution in [2.24, 2.45) is 10.9 Å². The topological polar surface area (TPSA) is 58.5 Å². The minimum absolute atomic E-state index is 0.111. The summed E-state index contributed by atoms with van der Waals surface area (Å²) in [6, 6.07) is 0. The van der Waals surface area contributed by atoms with E-state index in [9.17, 15) is 8.42 Å². The monoisotopic (exact) mass is 176 g/mol. The number of nitrogens with one attached hydrogen (secondary N) is 1. The van der Waals surface area contributed by atoms with Gasteiger partial charge in [0.2, 0.25) is 10.0 Å². The highest BCUT2D eigenvalue weighted by Crippen LogP contribution is 2.02. The van der Waals surface area contributed by atoms with Crippen LogP contribution in [-0.4, -0.2) is 26.6 Å². The van der Waals surface area contributed by atoms with Crippen LogP contribution in [0.25, 0.3) is 0 Å². The molecule has 5 heteroatoms. The summed E-state index contributed by atoms with van der Waals surface area (Å²) in [5.41, 5.74) is 0.930. The lowest BCUT2D eigenvalue weighted by Gasteiger charge is -2.15. The Balaban J connectivity index is 2.73. The third-order valence-corrected chi connectivity index (χ3v) is 2.63. The van der Waals surface area contributed by atoms with Crippen molar-refractivity contribution in [3.8, 4) is 0 Å². The van der Waals surface area contributed by atoms with E-state index < -0.39 is 10.0 Å². The van der Waals surface area contributed by atoms with Gasteiger partial charge in [0.25, 0.3) is 0 Å². The van der Waals surface area contributed by atoms with E-state index in [1.165, 1.54) is 0 Å². The summed E-state index contributed by atoms with van der Waals surface area (Å²) in [6.45, 7) is 4.37. The van der Waals surface area contributed by atoms with Crippen LogP contribution in [0, 0.1) is 5.92 Å². The molecule has 1 rings (SSSR count). The molecule has 0 saturated heterocycles. The van der Waals surface area contributed by atoms with Crippen molar-refractivity contribution in [1.82, 2.24) is 4.72 Å². The van der Waals surface area contributed by atoms with Gasteiger partial charge < -0.3 is 0 Å². The Morgan fingerprint density at radius 3 is 2.55 bits per heavy atom. The molecule has 1 aliphatic rings. The van der Waals surface area contributed by atoms with Gasteiger partial charge in [-0.05, 0) is 5.92 Å². The van der Waals surface area contributed by atoms with Gasteiger partial charge in [0.15, 0.2) is 5.88 Å². The maximum Gasteiger partial charge on any atom is 0.232 e. The molecule has 0 spiro atoms. The zero-order valence-electron chi connectivity index (χ0n) is 6.66. The van der Waals surface area contributed by atoms with Crippen molar-refractivity contribution >= 4 is 15.7 Å². The number of rotatable bonds is 1. The predicted molar refractivity (Wildman–Crippen MR) is 44.1 cm³/mol. The third-order valence-electron chi connectivity index (χ3n) is 1.58. The molecule has 64 valence electrons. The van der Waals surface area contributed by atoms with Gasteiger partial charge in [0, 0.05) is 12.3 Å². The van der Waals surface area contributed by atoms with Crippen LogP contribution in [0.5, 0.6) is 0 Å². The molecule has 0 fully saturated rings. The molecule has 0 aromatic carbocycles. The molecular formula is C6H12N2O2S. The van der Waals surface area contributed by atoms with Gasteiger partial charge in [-0.2, -0.15) is 0 Å². The minimum atomic E-state index is -3.09. The molecule has 11 heavy (non-hydrogen) atoms. The van der Waals surface area contributed by atoms with Crippen LogP contribution < -0.4 is 4.72 Å². The predicted octanol–water partition coefficient (Wildman–Crippen LogP) is -0.0261. The summed E-state index contributed by atoms with van der Waals surface area (Å²) >= 11 is 0. The first-order chi connectivity index (χ1) is 5.01. The van der Waals surface area contributed by atoms with Crippen molar-refractivity contribution in [2.45, 2.75) is 13.8 Å². The molecule has 0 bridgehead atoms. The summed E-state index contributed by atoms with van der Waals surface area (Å²) in [4.78, 5) is 3.95. The third kappa shape index (κ3) is 2.27. The quantitative estimate of drug-likeness (QED) is 0.610. The summed E-state index contributed by atoms with van der Waals surface area (Å²) in [7, 11) is -3.09. The molecule has 4 nitrogen and oxygen atoms in total.